The van der Waals surface area contributed by atoms with Crippen molar-refractivity contribution < 1.29 is 19.0 Å². The van der Waals surface area contributed by atoms with E-state index in [0.717, 1.165) is 11.4 Å². The van der Waals surface area contributed by atoms with Crippen LogP contribution in [0.4, 0.5) is 4.39 Å². The summed E-state index contributed by atoms with van der Waals surface area (Å²) in [5.74, 6) is 0.0833. The number of carbonyl (C=O) groups excluding carboxylic acids is 1. The van der Waals surface area contributed by atoms with Crippen LogP contribution < -0.4 is 10.5 Å². The number of nitrogens with two attached hydrogens (primary N) is 1. The van der Waals surface area contributed by atoms with Crippen LogP contribution in [-0.4, -0.2) is 57.2 Å². The molecule has 2 aromatic carbocycles. The van der Waals surface area contributed by atoms with Crippen molar-refractivity contribution in [3.05, 3.63) is 95.7 Å². The van der Waals surface area contributed by atoms with E-state index < -0.39 is 17.3 Å². The first-order valence-electron chi connectivity index (χ1n) is 11.6. The van der Waals surface area contributed by atoms with Crippen molar-refractivity contribution in [3.8, 4) is 11.4 Å². The monoisotopic (exact) mass is 491 g/mol. The highest BCUT2D eigenvalue weighted by Crippen LogP contribution is 2.40. The molecule has 2 heterocycles. The van der Waals surface area contributed by atoms with Gasteiger partial charge in [-0.25, -0.2) is 9.37 Å². The zero-order valence-corrected chi connectivity index (χ0v) is 20.6. The summed E-state index contributed by atoms with van der Waals surface area (Å²) in [4.78, 5) is 21.2. The Kier molecular flexibility index (Phi) is 6.85. The maximum atomic E-state index is 13.7. The van der Waals surface area contributed by atoms with Gasteiger partial charge >= 0.3 is 0 Å². The molecule has 188 valence electrons. The molecule has 1 aliphatic heterocycles. The van der Waals surface area contributed by atoms with Gasteiger partial charge in [0.25, 0.3) is 5.91 Å². The fraction of sp³-hybridized carbons (Fsp3) is 0.259. The van der Waals surface area contributed by atoms with E-state index in [0.29, 0.717) is 35.8 Å². The number of halogens is 1. The summed E-state index contributed by atoms with van der Waals surface area (Å²) in [5.41, 5.74) is 8.03. The summed E-state index contributed by atoms with van der Waals surface area (Å²) in [5, 5.41) is 10.5. The predicted molar refractivity (Wildman–Crippen MR) is 135 cm³/mol. The summed E-state index contributed by atoms with van der Waals surface area (Å²) in [6.07, 6.45) is 5.14. The molecule has 3 aromatic rings. The lowest BCUT2D eigenvalue weighted by atomic mass is 9.89. The third-order valence-corrected chi connectivity index (χ3v) is 6.49. The van der Waals surface area contributed by atoms with Gasteiger partial charge in [-0.1, -0.05) is 24.8 Å². The second-order valence-electron chi connectivity index (χ2n) is 8.72. The highest BCUT2D eigenvalue weighted by Gasteiger charge is 2.50. The summed E-state index contributed by atoms with van der Waals surface area (Å²) < 4.78 is 21.0. The van der Waals surface area contributed by atoms with E-state index in [4.69, 9.17) is 10.5 Å². The zero-order valence-electron chi connectivity index (χ0n) is 20.6. The highest BCUT2D eigenvalue weighted by molar-refractivity contribution is 5.98. The minimum absolute atomic E-state index is 0.0395. The Morgan fingerprint density at radius 2 is 2.03 bits per heavy atom. The van der Waals surface area contributed by atoms with Crippen molar-refractivity contribution in [3.63, 3.8) is 0 Å². The molecule has 1 aromatic heterocycles. The highest BCUT2D eigenvalue weighted by atomic mass is 19.1. The number of imidazole rings is 1. The number of hydrogen-bond acceptors (Lipinski definition) is 6. The summed E-state index contributed by atoms with van der Waals surface area (Å²) >= 11 is 0. The number of rotatable bonds is 7. The largest absolute Gasteiger partial charge is 0.495 e. The molecule has 1 amide bonds. The van der Waals surface area contributed by atoms with Crippen molar-refractivity contribution >= 4 is 12.0 Å². The minimum atomic E-state index is -1.16. The Balaban J connectivity index is 1.71. The molecule has 4 rings (SSSR count). The molecule has 1 saturated heterocycles. The maximum absolute atomic E-state index is 13.7. The van der Waals surface area contributed by atoms with Crippen LogP contribution in [0.15, 0.2) is 73.1 Å². The van der Waals surface area contributed by atoms with Crippen LogP contribution in [0.25, 0.3) is 11.8 Å². The molecule has 9 heteroatoms. The van der Waals surface area contributed by atoms with Gasteiger partial charge in [0.15, 0.2) is 0 Å². The SMILES string of the molecule is C=C1N(CC)CC(CO)(c2ccc(F)cc2)N1C(=O)/C(N)=C/c1ccc(-n2cnc(C)c2)c(OC)c1. The summed E-state index contributed by atoms with van der Waals surface area (Å²) in [6.45, 7) is 8.41. The van der Waals surface area contributed by atoms with Crippen LogP contribution in [0, 0.1) is 12.7 Å². The molecule has 1 atom stereocenters. The van der Waals surface area contributed by atoms with Crippen molar-refractivity contribution in [1.82, 2.24) is 19.4 Å². The first kappa shape index (κ1) is 25.0. The number of hydrogen-bond donors (Lipinski definition) is 2. The molecule has 0 aliphatic carbocycles. The van der Waals surface area contributed by atoms with E-state index in [1.807, 2.05) is 41.6 Å². The Bertz CT molecular complexity index is 1320. The van der Waals surface area contributed by atoms with Crippen LogP contribution in [-0.2, 0) is 10.3 Å². The number of ether oxygens (including phenoxy) is 1. The normalized spacial score (nSPS) is 18.1. The van der Waals surface area contributed by atoms with E-state index >= 15 is 0 Å². The van der Waals surface area contributed by atoms with Crippen molar-refractivity contribution in [2.24, 2.45) is 5.73 Å². The van der Waals surface area contributed by atoms with Crippen LogP contribution in [0.2, 0.25) is 0 Å². The second kappa shape index (κ2) is 9.87. The fourth-order valence-electron chi connectivity index (χ4n) is 4.59. The lowest BCUT2D eigenvalue weighted by Gasteiger charge is -2.36. The van der Waals surface area contributed by atoms with E-state index in [1.165, 1.54) is 17.0 Å². The van der Waals surface area contributed by atoms with Crippen molar-refractivity contribution in [2.75, 3.05) is 26.8 Å². The van der Waals surface area contributed by atoms with Crippen LogP contribution in [0.1, 0.15) is 23.7 Å². The molecule has 0 bridgehead atoms. The lowest BCUT2D eigenvalue weighted by molar-refractivity contribution is -0.130. The molecule has 8 nitrogen and oxygen atoms in total. The van der Waals surface area contributed by atoms with E-state index in [1.54, 1.807) is 37.7 Å². The van der Waals surface area contributed by atoms with Gasteiger partial charge in [-0.2, -0.15) is 0 Å². The molecule has 3 N–H and O–H groups in total. The molecule has 0 spiro atoms. The first-order valence-corrected chi connectivity index (χ1v) is 11.6. The number of aryl methyl sites for hydroxylation is 1. The number of benzene rings is 2. The first-order chi connectivity index (χ1) is 17.2. The number of carbonyl (C=O) groups is 1. The quantitative estimate of drug-likeness (QED) is 0.493. The fourth-order valence-corrected chi connectivity index (χ4v) is 4.59. The standard InChI is InChI=1S/C27H30FN5O3/c1-5-31-15-27(16-34,21-7-9-22(28)10-8-21)33(19(31)3)26(35)23(29)12-20-6-11-24(25(13-20)36-4)32-14-18(2)30-17-32/h6-14,17,34H,3,5,15-16,29H2,1-2,4H3/b23-12-. The number of methoxy groups -OCH3 is 1. The van der Waals surface area contributed by atoms with E-state index in [-0.39, 0.29) is 12.3 Å². The number of amides is 1. The average Bonchev–Trinajstić information content (AvgIpc) is 3.44. The Morgan fingerprint density at radius 1 is 1.31 bits per heavy atom. The van der Waals surface area contributed by atoms with Gasteiger partial charge in [0.1, 0.15) is 22.9 Å². The Labute approximate surface area is 209 Å². The van der Waals surface area contributed by atoms with E-state index in [9.17, 15) is 14.3 Å². The van der Waals surface area contributed by atoms with Crippen LogP contribution >= 0.6 is 0 Å². The van der Waals surface area contributed by atoms with Gasteiger partial charge < -0.3 is 25.0 Å². The maximum Gasteiger partial charge on any atom is 0.276 e. The molecule has 0 saturated carbocycles. The Morgan fingerprint density at radius 3 is 2.61 bits per heavy atom. The number of likely N-dealkylation sites (N-methyl/N-ethyl adjacent to an activating group) is 1. The van der Waals surface area contributed by atoms with Gasteiger partial charge in [0.2, 0.25) is 0 Å². The topological polar surface area (TPSA) is 96.8 Å². The van der Waals surface area contributed by atoms with Gasteiger partial charge in [0, 0.05) is 19.3 Å². The van der Waals surface area contributed by atoms with Gasteiger partial charge in [0.05, 0.1) is 37.1 Å². The predicted octanol–water partition coefficient (Wildman–Crippen LogP) is 3.15. The zero-order chi connectivity index (χ0) is 26.0. The van der Waals surface area contributed by atoms with Gasteiger partial charge in [-0.15, -0.1) is 0 Å². The number of aromatic nitrogens is 2. The third-order valence-electron chi connectivity index (χ3n) is 6.49. The van der Waals surface area contributed by atoms with E-state index in [2.05, 4.69) is 11.6 Å². The molecule has 1 fully saturated rings. The molecule has 36 heavy (non-hydrogen) atoms. The lowest BCUT2D eigenvalue weighted by Crippen LogP contribution is -2.50. The molecule has 1 unspecified atom stereocenters. The van der Waals surface area contributed by atoms with Crippen LogP contribution in [0.3, 0.4) is 0 Å². The van der Waals surface area contributed by atoms with Crippen molar-refractivity contribution in [1.29, 1.82) is 0 Å². The van der Waals surface area contributed by atoms with Crippen molar-refractivity contribution in [2.45, 2.75) is 19.4 Å². The number of aliphatic hydroxyl groups is 1. The number of aliphatic hydroxyl groups excluding tert-OH is 1. The smallest absolute Gasteiger partial charge is 0.276 e. The molecule has 0 radical (unpaired) electrons. The summed E-state index contributed by atoms with van der Waals surface area (Å²) in [6, 6.07) is 11.2. The minimum Gasteiger partial charge on any atom is -0.495 e. The molecule has 1 aliphatic rings. The number of nitrogens with zero attached hydrogens (tertiary/aromatic N) is 4. The Hall–Kier alpha value is -4.11. The third kappa shape index (κ3) is 4.33. The molecular weight excluding hydrogens is 461 g/mol. The van der Waals surface area contributed by atoms with Gasteiger partial charge in [-0.3, -0.25) is 9.69 Å². The van der Waals surface area contributed by atoms with Crippen LogP contribution in [0.5, 0.6) is 5.75 Å². The molecular formula is C27H30FN5O3. The summed E-state index contributed by atoms with van der Waals surface area (Å²) in [7, 11) is 1.57. The second-order valence-corrected chi connectivity index (χ2v) is 8.72. The average molecular weight is 492 g/mol. The van der Waals surface area contributed by atoms with Gasteiger partial charge in [-0.05, 0) is 55.3 Å².